The number of piperidine rings is 1. The number of halogens is 1. The summed E-state index contributed by atoms with van der Waals surface area (Å²) in [5.41, 5.74) is 1.78. The number of likely N-dealkylation sites (tertiary alicyclic amines) is 1. The predicted molar refractivity (Wildman–Crippen MR) is 87.0 cm³/mol. The van der Waals surface area contributed by atoms with Crippen LogP contribution in [0.2, 0.25) is 0 Å². The number of nitrogens with zero attached hydrogens (tertiary/aromatic N) is 1. The molecule has 0 radical (unpaired) electrons. The van der Waals surface area contributed by atoms with Gasteiger partial charge >= 0.3 is 0 Å². The van der Waals surface area contributed by atoms with Gasteiger partial charge in [0.1, 0.15) is 5.82 Å². The summed E-state index contributed by atoms with van der Waals surface area (Å²) >= 11 is 0. The molecule has 1 aromatic carbocycles. The molecule has 0 aromatic heterocycles. The van der Waals surface area contributed by atoms with Crippen molar-refractivity contribution in [3.63, 3.8) is 0 Å². The Morgan fingerprint density at radius 2 is 2.24 bits per heavy atom. The van der Waals surface area contributed by atoms with Gasteiger partial charge in [0.2, 0.25) is 0 Å². The molecule has 2 rings (SSSR count). The van der Waals surface area contributed by atoms with E-state index in [1.54, 1.807) is 6.07 Å². The number of aryl methyl sites for hydroxylation is 1. The highest BCUT2D eigenvalue weighted by atomic mass is 19.1. The van der Waals surface area contributed by atoms with Crippen molar-refractivity contribution in [1.29, 1.82) is 0 Å². The Hall–Kier alpha value is -0.930. The van der Waals surface area contributed by atoms with Crippen molar-refractivity contribution < 1.29 is 4.39 Å². The molecule has 1 fully saturated rings. The summed E-state index contributed by atoms with van der Waals surface area (Å²) in [5.74, 6) is 0.764. The Morgan fingerprint density at radius 1 is 1.43 bits per heavy atom. The molecule has 0 spiro atoms. The predicted octanol–water partition coefficient (Wildman–Crippen LogP) is 3.91. The molecule has 1 aromatic rings. The van der Waals surface area contributed by atoms with Crippen LogP contribution in [0.15, 0.2) is 18.2 Å². The highest BCUT2D eigenvalue weighted by Gasteiger charge is 2.19. The molecule has 0 saturated carbocycles. The Kier molecular flexibility index (Phi) is 6.19. The van der Waals surface area contributed by atoms with E-state index in [1.807, 2.05) is 26.1 Å². The van der Waals surface area contributed by atoms with E-state index in [4.69, 9.17) is 0 Å². The van der Waals surface area contributed by atoms with E-state index in [-0.39, 0.29) is 11.9 Å². The maximum absolute atomic E-state index is 13.7. The van der Waals surface area contributed by atoms with Crippen LogP contribution in [0.5, 0.6) is 0 Å². The molecule has 1 heterocycles. The average Bonchev–Trinajstić information content (AvgIpc) is 2.51. The van der Waals surface area contributed by atoms with Crippen molar-refractivity contribution in [1.82, 2.24) is 10.2 Å². The van der Waals surface area contributed by atoms with Gasteiger partial charge in [0.05, 0.1) is 0 Å². The topological polar surface area (TPSA) is 15.3 Å². The maximum atomic E-state index is 13.7. The third-order valence-electron chi connectivity index (χ3n) is 4.86. The lowest BCUT2D eigenvalue weighted by Gasteiger charge is -2.33. The van der Waals surface area contributed by atoms with E-state index in [0.717, 1.165) is 30.0 Å². The zero-order valence-corrected chi connectivity index (χ0v) is 13.7. The summed E-state index contributed by atoms with van der Waals surface area (Å²) in [6.45, 7) is 7.65. The summed E-state index contributed by atoms with van der Waals surface area (Å²) in [5, 5.41) is 3.34. The second-order valence-corrected chi connectivity index (χ2v) is 6.36. The number of hydrogen-bond acceptors (Lipinski definition) is 2. The van der Waals surface area contributed by atoms with Gasteiger partial charge in [-0.05, 0) is 69.4 Å². The van der Waals surface area contributed by atoms with Gasteiger partial charge in [-0.25, -0.2) is 4.39 Å². The van der Waals surface area contributed by atoms with Gasteiger partial charge < -0.3 is 10.2 Å². The number of nitrogens with one attached hydrogen (secondary N) is 1. The van der Waals surface area contributed by atoms with Gasteiger partial charge in [-0.2, -0.15) is 0 Å². The van der Waals surface area contributed by atoms with E-state index < -0.39 is 0 Å². The van der Waals surface area contributed by atoms with Crippen molar-refractivity contribution in [2.24, 2.45) is 5.92 Å². The summed E-state index contributed by atoms with van der Waals surface area (Å²) in [6.07, 6.45) is 5.03. The first-order valence-electron chi connectivity index (χ1n) is 8.29. The van der Waals surface area contributed by atoms with E-state index in [9.17, 15) is 4.39 Å². The molecule has 2 nitrogen and oxygen atoms in total. The molecule has 118 valence electrons. The van der Waals surface area contributed by atoms with Gasteiger partial charge in [0, 0.05) is 12.6 Å². The van der Waals surface area contributed by atoms with E-state index in [2.05, 4.69) is 17.1 Å². The van der Waals surface area contributed by atoms with Crippen LogP contribution in [0, 0.1) is 18.7 Å². The van der Waals surface area contributed by atoms with Crippen LogP contribution in [0.3, 0.4) is 0 Å². The average molecular weight is 292 g/mol. The molecule has 0 bridgehead atoms. The molecule has 0 aliphatic carbocycles. The largest absolute Gasteiger partial charge is 0.313 e. The highest BCUT2D eigenvalue weighted by Crippen LogP contribution is 2.23. The molecular formula is C18H29FN2. The highest BCUT2D eigenvalue weighted by molar-refractivity contribution is 5.25. The first-order valence-corrected chi connectivity index (χ1v) is 8.29. The summed E-state index contributed by atoms with van der Waals surface area (Å²) in [6, 6.07) is 5.84. The smallest absolute Gasteiger partial charge is 0.126 e. The fourth-order valence-electron chi connectivity index (χ4n) is 3.30. The van der Waals surface area contributed by atoms with Crippen molar-refractivity contribution >= 4 is 0 Å². The SMILES string of the molecule is CCC1CCCN(CCC(NC)c2ccc(C)c(F)c2)C1. The van der Waals surface area contributed by atoms with Crippen LogP contribution < -0.4 is 5.32 Å². The van der Waals surface area contributed by atoms with Crippen LogP contribution in [0.4, 0.5) is 4.39 Å². The molecule has 3 heteroatoms. The molecule has 1 saturated heterocycles. The molecule has 2 unspecified atom stereocenters. The summed E-state index contributed by atoms with van der Waals surface area (Å²) in [7, 11) is 1.97. The lowest BCUT2D eigenvalue weighted by Crippen LogP contribution is -2.37. The third-order valence-corrected chi connectivity index (χ3v) is 4.86. The maximum Gasteiger partial charge on any atom is 0.126 e. The van der Waals surface area contributed by atoms with Crippen LogP contribution in [0.1, 0.15) is 49.8 Å². The van der Waals surface area contributed by atoms with Gasteiger partial charge in [-0.3, -0.25) is 0 Å². The zero-order valence-electron chi connectivity index (χ0n) is 13.7. The van der Waals surface area contributed by atoms with E-state index in [0.29, 0.717) is 0 Å². The molecule has 0 amide bonds. The lowest BCUT2D eigenvalue weighted by atomic mass is 9.95. The Morgan fingerprint density at radius 3 is 2.90 bits per heavy atom. The Labute approximate surface area is 128 Å². The van der Waals surface area contributed by atoms with Crippen molar-refractivity contribution in [2.45, 2.75) is 45.6 Å². The number of rotatable bonds is 6. The van der Waals surface area contributed by atoms with Gasteiger partial charge in [0.25, 0.3) is 0 Å². The minimum Gasteiger partial charge on any atom is -0.313 e. The molecule has 1 N–H and O–H groups in total. The number of benzene rings is 1. The minimum atomic E-state index is -0.100. The lowest BCUT2D eigenvalue weighted by molar-refractivity contribution is 0.165. The van der Waals surface area contributed by atoms with Crippen molar-refractivity contribution in [3.05, 3.63) is 35.1 Å². The Balaban J connectivity index is 1.91. The normalized spacial score (nSPS) is 21.4. The van der Waals surface area contributed by atoms with Crippen molar-refractivity contribution in [3.8, 4) is 0 Å². The summed E-state index contributed by atoms with van der Waals surface area (Å²) in [4.78, 5) is 2.58. The molecular weight excluding hydrogens is 263 g/mol. The molecule has 1 aliphatic heterocycles. The van der Waals surface area contributed by atoms with Crippen LogP contribution in [0.25, 0.3) is 0 Å². The standard InChI is InChI=1S/C18H29FN2/c1-4-15-6-5-10-21(13-15)11-9-18(20-3)16-8-7-14(2)17(19)12-16/h7-8,12,15,18,20H,4-6,9-11,13H2,1-3H3. The van der Waals surface area contributed by atoms with Crippen molar-refractivity contribution in [2.75, 3.05) is 26.7 Å². The van der Waals surface area contributed by atoms with Crippen LogP contribution in [-0.4, -0.2) is 31.6 Å². The number of hydrogen-bond donors (Lipinski definition) is 1. The zero-order chi connectivity index (χ0) is 15.2. The first kappa shape index (κ1) is 16.4. The second-order valence-electron chi connectivity index (χ2n) is 6.36. The van der Waals surface area contributed by atoms with Crippen LogP contribution in [-0.2, 0) is 0 Å². The van der Waals surface area contributed by atoms with Crippen LogP contribution >= 0.6 is 0 Å². The fourth-order valence-corrected chi connectivity index (χ4v) is 3.30. The minimum absolute atomic E-state index is 0.100. The Bertz CT molecular complexity index is 447. The second kappa shape index (κ2) is 7.90. The van der Waals surface area contributed by atoms with Gasteiger partial charge in [-0.1, -0.05) is 25.5 Å². The molecule has 1 aliphatic rings. The van der Waals surface area contributed by atoms with Gasteiger partial charge in [-0.15, -0.1) is 0 Å². The fraction of sp³-hybridized carbons (Fsp3) is 0.667. The molecule has 21 heavy (non-hydrogen) atoms. The molecule has 2 atom stereocenters. The first-order chi connectivity index (χ1) is 10.1. The quantitative estimate of drug-likeness (QED) is 0.855. The summed E-state index contributed by atoms with van der Waals surface area (Å²) < 4.78 is 13.7. The van der Waals surface area contributed by atoms with E-state index >= 15 is 0 Å². The third kappa shape index (κ3) is 4.52. The van der Waals surface area contributed by atoms with E-state index in [1.165, 1.54) is 32.4 Å². The monoisotopic (exact) mass is 292 g/mol. The van der Waals surface area contributed by atoms with Gasteiger partial charge in [0.15, 0.2) is 0 Å².